The van der Waals surface area contributed by atoms with E-state index < -0.39 is 0 Å². The number of carbonyl (C=O) groups excluding carboxylic acids is 2. The van der Waals surface area contributed by atoms with Crippen LogP contribution in [0.3, 0.4) is 0 Å². The second kappa shape index (κ2) is 8.61. The van der Waals surface area contributed by atoms with Gasteiger partial charge in [0.15, 0.2) is 5.13 Å². The fraction of sp³-hybridized carbons (Fsp3) is 0.450. The predicted molar refractivity (Wildman–Crippen MR) is 105 cm³/mol. The molecular weight excluding hydrogens is 365 g/mol. The minimum absolute atomic E-state index is 0.138. The highest BCUT2D eigenvalue weighted by molar-refractivity contribution is 7.16. The second-order valence-electron chi connectivity index (χ2n) is 6.70. The lowest BCUT2D eigenvalue weighted by atomic mass is 10.1. The Morgan fingerprint density at radius 3 is 2.52 bits per heavy atom. The zero-order chi connectivity index (χ0) is 19.4. The largest absolute Gasteiger partial charge is 0.342 e. The van der Waals surface area contributed by atoms with Gasteiger partial charge in [0, 0.05) is 23.5 Å². The third-order valence-corrected chi connectivity index (χ3v) is 5.69. The number of nitrogens with one attached hydrogen (secondary N) is 1. The molecule has 0 bridgehead atoms. The molecule has 1 atom stereocenters. The predicted octanol–water partition coefficient (Wildman–Crippen LogP) is 4.21. The number of rotatable bonds is 7. The highest BCUT2D eigenvalue weighted by atomic mass is 32.1. The van der Waals surface area contributed by atoms with E-state index in [1.807, 2.05) is 4.90 Å². The summed E-state index contributed by atoms with van der Waals surface area (Å²) in [5, 5.41) is 3.26. The van der Waals surface area contributed by atoms with Gasteiger partial charge in [0.25, 0.3) is 5.91 Å². The highest BCUT2D eigenvalue weighted by Gasteiger charge is 2.35. The van der Waals surface area contributed by atoms with E-state index in [9.17, 15) is 14.0 Å². The van der Waals surface area contributed by atoms with Gasteiger partial charge in [-0.25, -0.2) is 9.37 Å². The van der Waals surface area contributed by atoms with E-state index in [2.05, 4.69) is 24.1 Å². The number of hydrogen-bond acceptors (Lipinski definition) is 4. The van der Waals surface area contributed by atoms with Crippen LogP contribution >= 0.6 is 11.3 Å². The van der Waals surface area contributed by atoms with Crippen molar-refractivity contribution in [2.75, 3.05) is 18.4 Å². The SMILES string of the molecule is CCCN(CCC)C(=O)C1CCc2sc(NC(=O)c3ccc(F)cc3)nc21. The number of carbonyl (C=O) groups is 2. The van der Waals surface area contributed by atoms with Gasteiger partial charge in [0.1, 0.15) is 5.82 Å². The van der Waals surface area contributed by atoms with Crippen LogP contribution in [0.2, 0.25) is 0 Å². The van der Waals surface area contributed by atoms with Crippen LogP contribution in [0, 0.1) is 5.82 Å². The van der Waals surface area contributed by atoms with Gasteiger partial charge in [-0.2, -0.15) is 0 Å². The molecule has 5 nitrogen and oxygen atoms in total. The number of anilines is 1. The van der Waals surface area contributed by atoms with Crippen molar-refractivity contribution in [3.8, 4) is 0 Å². The lowest BCUT2D eigenvalue weighted by Crippen LogP contribution is -2.36. The van der Waals surface area contributed by atoms with Gasteiger partial charge in [-0.05, 0) is 49.9 Å². The molecule has 1 aliphatic rings. The molecule has 0 radical (unpaired) electrons. The average Bonchev–Trinajstić information content (AvgIpc) is 3.21. The minimum atomic E-state index is -0.384. The van der Waals surface area contributed by atoms with Crippen molar-refractivity contribution < 1.29 is 14.0 Å². The topological polar surface area (TPSA) is 62.3 Å². The molecule has 27 heavy (non-hydrogen) atoms. The summed E-state index contributed by atoms with van der Waals surface area (Å²) in [6, 6.07) is 5.38. The van der Waals surface area contributed by atoms with Crippen LogP contribution in [-0.4, -0.2) is 34.8 Å². The molecule has 7 heteroatoms. The lowest BCUT2D eigenvalue weighted by molar-refractivity contribution is -0.133. The maximum Gasteiger partial charge on any atom is 0.257 e. The fourth-order valence-electron chi connectivity index (χ4n) is 3.38. The average molecular weight is 389 g/mol. The first-order valence-corrected chi connectivity index (χ1v) is 10.2. The Hall–Kier alpha value is -2.28. The van der Waals surface area contributed by atoms with Crippen LogP contribution in [0.25, 0.3) is 0 Å². The number of fused-ring (bicyclic) bond motifs is 1. The van der Waals surface area contributed by atoms with Crippen molar-refractivity contribution in [1.29, 1.82) is 0 Å². The van der Waals surface area contributed by atoms with Crippen molar-refractivity contribution in [3.05, 3.63) is 46.2 Å². The summed E-state index contributed by atoms with van der Waals surface area (Å²) < 4.78 is 13.0. The third kappa shape index (κ3) is 4.35. The number of aromatic nitrogens is 1. The highest BCUT2D eigenvalue weighted by Crippen LogP contribution is 2.39. The Kier molecular flexibility index (Phi) is 6.21. The van der Waals surface area contributed by atoms with Gasteiger partial charge in [0.05, 0.1) is 11.6 Å². The Morgan fingerprint density at radius 2 is 1.89 bits per heavy atom. The molecule has 1 unspecified atom stereocenters. The Morgan fingerprint density at radius 1 is 1.22 bits per heavy atom. The normalized spacial score (nSPS) is 15.4. The van der Waals surface area contributed by atoms with Gasteiger partial charge in [-0.1, -0.05) is 13.8 Å². The number of amides is 2. The van der Waals surface area contributed by atoms with Crippen molar-refractivity contribution in [3.63, 3.8) is 0 Å². The van der Waals surface area contributed by atoms with Gasteiger partial charge < -0.3 is 4.90 Å². The molecule has 3 rings (SSSR count). The molecule has 1 aliphatic carbocycles. The summed E-state index contributed by atoms with van der Waals surface area (Å²) in [5.74, 6) is -0.793. The number of thiazole rings is 1. The quantitative estimate of drug-likeness (QED) is 0.771. The van der Waals surface area contributed by atoms with Crippen molar-refractivity contribution in [2.24, 2.45) is 0 Å². The van der Waals surface area contributed by atoms with E-state index >= 15 is 0 Å². The Labute approximate surface area is 162 Å². The first-order valence-electron chi connectivity index (χ1n) is 9.38. The second-order valence-corrected chi connectivity index (χ2v) is 7.79. The molecule has 1 N–H and O–H groups in total. The summed E-state index contributed by atoms with van der Waals surface area (Å²) in [4.78, 5) is 32.8. The standard InChI is InChI=1S/C20H24FN3O2S/c1-3-11-24(12-4-2)19(26)15-9-10-16-17(15)22-20(27-16)23-18(25)13-5-7-14(21)8-6-13/h5-8,15H,3-4,9-12H2,1-2H3,(H,22,23,25). The third-order valence-electron chi connectivity index (χ3n) is 4.64. The van der Waals surface area contributed by atoms with Crippen LogP contribution in [0.4, 0.5) is 9.52 Å². The van der Waals surface area contributed by atoms with Crippen LogP contribution in [0.1, 0.15) is 60.0 Å². The van der Waals surface area contributed by atoms with Crippen LogP contribution in [-0.2, 0) is 11.2 Å². The molecule has 0 aliphatic heterocycles. The summed E-state index contributed by atoms with van der Waals surface area (Å²) in [7, 11) is 0. The van der Waals surface area contributed by atoms with Gasteiger partial charge in [-0.3, -0.25) is 14.9 Å². The van der Waals surface area contributed by atoms with Gasteiger partial charge >= 0.3 is 0 Å². The van der Waals surface area contributed by atoms with E-state index in [4.69, 9.17) is 0 Å². The molecule has 1 aromatic carbocycles. The molecule has 2 aromatic rings. The Bertz CT molecular complexity index is 813. The molecule has 0 spiro atoms. The Balaban J connectivity index is 1.72. The van der Waals surface area contributed by atoms with E-state index in [0.29, 0.717) is 10.7 Å². The molecule has 1 aromatic heterocycles. The number of benzene rings is 1. The zero-order valence-corrected chi connectivity index (χ0v) is 16.4. The number of halogens is 1. The number of hydrogen-bond donors (Lipinski definition) is 1. The van der Waals surface area contributed by atoms with E-state index in [1.165, 1.54) is 35.6 Å². The van der Waals surface area contributed by atoms with Crippen molar-refractivity contribution in [1.82, 2.24) is 9.88 Å². The maximum atomic E-state index is 13.0. The summed E-state index contributed by atoms with van der Waals surface area (Å²) in [5.41, 5.74) is 1.17. The minimum Gasteiger partial charge on any atom is -0.342 e. The molecule has 0 saturated heterocycles. The van der Waals surface area contributed by atoms with Gasteiger partial charge in [0.2, 0.25) is 5.91 Å². The molecule has 0 fully saturated rings. The fourth-order valence-corrected chi connectivity index (χ4v) is 4.42. The summed E-state index contributed by atoms with van der Waals surface area (Å²) >= 11 is 1.42. The molecule has 1 heterocycles. The van der Waals surface area contributed by atoms with Gasteiger partial charge in [-0.15, -0.1) is 11.3 Å². The monoisotopic (exact) mass is 389 g/mol. The maximum absolute atomic E-state index is 13.0. The summed E-state index contributed by atoms with van der Waals surface area (Å²) in [6.45, 7) is 5.66. The van der Waals surface area contributed by atoms with Crippen LogP contribution < -0.4 is 5.32 Å². The zero-order valence-electron chi connectivity index (χ0n) is 15.6. The van der Waals surface area contributed by atoms with E-state index in [1.54, 1.807) is 0 Å². The molecule has 0 saturated carbocycles. The first-order chi connectivity index (χ1) is 13.0. The van der Waals surface area contributed by atoms with Crippen molar-refractivity contribution in [2.45, 2.75) is 45.4 Å². The molecule has 2 amide bonds. The molecular formula is C20H24FN3O2S. The van der Waals surface area contributed by atoms with Crippen molar-refractivity contribution >= 4 is 28.3 Å². The van der Waals surface area contributed by atoms with Crippen LogP contribution in [0.5, 0.6) is 0 Å². The van der Waals surface area contributed by atoms with E-state index in [-0.39, 0.29) is 23.5 Å². The van der Waals surface area contributed by atoms with Crippen LogP contribution in [0.15, 0.2) is 24.3 Å². The smallest absolute Gasteiger partial charge is 0.257 e. The first kappa shape index (κ1) is 19.5. The summed E-state index contributed by atoms with van der Waals surface area (Å²) in [6.07, 6.45) is 3.45. The van der Waals surface area contributed by atoms with E-state index in [0.717, 1.165) is 49.3 Å². The number of nitrogens with zero attached hydrogens (tertiary/aromatic N) is 2. The number of aryl methyl sites for hydroxylation is 1. The lowest BCUT2D eigenvalue weighted by Gasteiger charge is -2.24. The molecule has 144 valence electrons.